The highest BCUT2D eigenvalue weighted by atomic mass is 15.1. The van der Waals surface area contributed by atoms with Crippen LogP contribution in [0.3, 0.4) is 0 Å². The maximum Gasteiger partial charge on any atom is -0.00131 e. The number of nitrogens with zero attached hydrogens (tertiary/aromatic N) is 1. The molecule has 2 heteroatoms. The van der Waals surface area contributed by atoms with Crippen molar-refractivity contribution in [1.29, 1.82) is 0 Å². The van der Waals surface area contributed by atoms with Crippen LogP contribution in [0.15, 0.2) is 0 Å². The molecule has 0 aliphatic carbocycles. The third-order valence-electron chi connectivity index (χ3n) is 4.38. The summed E-state index contributed by atoms with van der Waals surface area (Å²) in [4.78, 5) is 2.64. The van der Waals surface area contributed by atoms with Gasteiger partial charge < -0.3 is 10.6 Å². The first-order valence-corrected chi connectivity index (χ1v) is 7.62. The molecule has 2 N–H and O–H groups in total. The summed E-state index contributed by atoms with van der Waals surface area (Å²) in [6.45, 7) is 9.33. The fourth-order valence-electron chi connectivity index (χ4n) is 2.64. The molecule has 0 aromatic heterocycles. The first-order chi connectivity index (χ1) is 8.20. The molecule has 0 unspecified atom stereocenters. The minimum Gasteiger partial charge on any atom is -0.330 e. The van der Waals surface area contributed by atoms with Gasteiger partial charge in [0, 0.05) is 0 Å². The number of hydrogen-bond donors (Lipinski definition) is 1. The molecule has 17 heavy (non-hydrogen) atoms. The first kappa shape index (κ1) is 15.0. The highest BCUT2D eigenvalue weighted by Crippen LogP contribution is 2.29. The Labute approximate surface area is 108 Å². The largest absolute Gasteiger partial charge is 0.330 e. The van der Waals surface area contributed by atoms with Gasteiger partial charge in [0.15, 0.2) is 0 Å². The second kappa shape index (κ2) is 8.10. The average Bonchev–Trinajstić information content (AvgIpc) is 2.36. The van der Waals surface area contributed by atoms with Crippen LogP contribution in [0.2, 0.25) is 0 Å². The Kier molecular flexibility index (Phi) is 7.14. The van der Waals surface area contributed by atoms with Gasteiger partial charge in [0.05, 0.1) is 0 Å². The van der Waals surface area contributed by atoms with Crippen molar-refractivity contribution in [3.63, 3.8) is 0 Å². The molecule has 1 heterocycles. The Hall–Kier alpha value is -0.0800. The second-order valence-electron chi connectivity index (χ2n) is 6.12. The average molecular weight is 240 g/mol. The van der Waals surface area contributed by atoms with Crippen LogP contribution in [0.1, 0.15) is 65.2 Å². The van der Waals surface area contributed by atoms with Gasteiger partial charge in [0.2, 0.25) is 0 Å². The molecule has 1 rings (SSSR count). The monoisotopic (exact) mass is 240 g/mol. The van der Waals surface area contributed by atoms with Crippen molar-refractivity contribution >= 4 is 0 Å². The van der Waals surface area contributed by atoms with E-state index in [1.54, 1.807) is 0 Å². The van der Waals surface area contributed by atoms with Gasteiger partial charge in [-0.1, -0.05) is 46.0 Å². The first-order valence-electron chi connectivity index (χ1n) is 7.62. The highest BCUT2D eigenvalue weighted by molar-refractivity contribution is 4.82. The predicted octanol–water partition coefficient (Wildman–Crippen LogP) is 3.41. The van der Waals surface area contributed by atoms with Gasteiger partial charge in [-0.15, -0.1) is 0 Å². The van der Waals surface area contributed by atoms with E-state index in [0.29, 0.717) is 5.41 Å². The van der Waals surface area contributed by atoms with Crippen molar-refractivity contribution in [2.24, 2.45) is 11.1 Å². The molecule has 1 aliphatic heterocycles. The van der Waals surface area contributed by atoms with Crippen LogP contribution in [0.5, 0.6) is 0 Å². The normalized spacial score (nSPS) is 20.6. The summed E-state index contributed by atoms with van der Waals surface area (Å²) in [5.41, 5.74) is 6.26. The van der Waals surface area contributed by atoms with E-state index in [1.165, 1.54) is 71.0 Å². The SMILES string of the molecule is CCCCCCCCN1CCC(C)(CN)CC1. The lowest BCUT2D eigenvalue weighted by molar-refractivity contribution is 0.123. The van der Waals surface area contributed by atoms with Crippen LogP contribution in [-0.4, -0.2) is 31.1 Å². The highest BCUT2D eigenvalue weighted by Gasteiger charge is 2.28. The van der Waals surface area contributed by atoms with Crippen LogP contribution in [-0.2, 0) is 0 Å². The van der Waals surface area contributed by atoms with Gasteiger partial charge in [-0.2, -0.15) is 0 Å². The Morgan fingerprint density at radius 3 is 2.18 bits per heavy atom. The van der Waals surface area contributed by atoms with E-state index in [4.69, 9.17) is 5.73 Å². The van der Waals surface area contributed by atoms with Gasteiger partial charge in [0.25, 0.3) is 0 Å². The maximum absolute atomic E-state index is 5.83. The Bertz CT molecular complexity index is 183. The number of nitrogens with two attached hydrogens (primary N) is 1. The van der Waals surface area contributed by atoms with Crippen LogP contribution >= 0.6 is 0 Å². The Morgan fingerprint density at radius 1 is 1.00 bits per heavy atom. The lowest BCUT2D eigenvalue weighted by Gasteiger charge is -2.38. The molecule has 0 amide bonds. The number of likely N-dealkylation sites (tertiary alicyclic amines) is 1. The van der Waals surface area contributed by atoms with E-state index < -0.39 is 0 Å². The van der Waals surface area contributed by atoms with Crippen molar-refractivity contribution in [2.45, 2.75) is 65.2 Å². The van der Waals surface area contributed by atoms with Gasteiger partial charge in [-0.3, -0.25) is 0 Å². The van der Waals surface area contributed by atoms with Crippen LogP contribution in [0, 0.1) is 5.41 Å². The summed E-state index contributed by atoms with van der Waals surface area (Å²) >= 11 is 0. The van der Waals surface area contributed by atoms with Crippen molar-refractivity contribution in [3.05, 3.63) is 0 Å². The quantitative estimate of drug-likeness (QED) is 0.659. The van der Waals surface area contributed by atoms with E-state index in [0.717, 1.165) is 6.54 Å². The zero-order valence-electron chi connectivity index (χ0n) is 12.0. The molecular weight excluding hydrogens is 208 g/mol. The van der Waals surface area contributed by atoms with Crippen LogP contribution in [0.25, 0.3) is 0 Å². The third-order valence-corrected chi connectivity index (χ3v) is 4.38. The molecule has 2 nitrogen and oxygen atoms in total. The molecule has 0 atom stereocenters. The van der Waals surface area contributed by atoms with E-state index in [2.05, 4.69) is 18.7 Å². The van der Waals surface area contributed by atoms with Gasteiger partial charge in [-0.05, 0) is 50.9 Å². The fraction of sp³-hybridized carbons (Fsp3) is 1.00. The Balaban J connectivity index is 1.99. The molecule has 1 saturated heterocycles. The second-order valence-corrected chi connectivity index (χ2v) is 6.12. The lowest BCUT2D eigenvalue weighted by atomic mass is 9.80. The minimum absolute atomic E-state index is 0.428. The Morgan fingerprint density at radius 2 is 1.59 bits per heavy atom. The van der Waals surface area contributed by atoms with Gasteiger partial charge >= 0.3 is 0 Å². The van der Waals surface area contributed by atoms with E-state index in [-0.39, 0.29) is 0 Å². The standard InChI is InChI=1S/C15H32N2/c1-3-4-5-6-7-8-11-17-12-9-15(2,14-16)10-13-17/h3-14,16H2,1-2H3. The molecule has 0 bridgehead atoms. The summed E-state index contributed by atoms with van der Waals surface area (Å²) in [7, 11) is 0. The van der Waals surface area contributed by atoms with Crippen molar-refractivity contribution in [1.82, 2.24) is 4.90 Å². The summed E-state index contributed by atoms with van der Waals surface area (Å²) < 4.78 is 0. The van der Waals surface area contributed by atoms with Crippen molar-refractivity contribution in [3.8, 4) is 0 Å². The summed E-state index contributed by atoms with van der Waals surface area (Å²) in [5.74, 6) is 0. The molecule has 0 radical (unpaired) electrons. The maximum atomic E-state index is 5.83. The van der Waals surface area contributed by atoms with Crippen LogP contribution in [0.4, 0.5) is 0 Å². The molecule has 1 aliphatic rings. The predicted molar refractivity (Wildman–Crippen MR) is 76.2 cm³/mol. The van der Waals surface area contributed by atoms with Gasteiger partial charge in [0.1, 0.15) is 0 Å². The number of piperidine rings is 1. The molecule has 0 aromatic rings. The zero-order valence-corrected chi connectivity index (χ0v) is 12.0. The number of unbranched alkanes of at least 4 members (excludes halogenated alkanes) is 5. The smallest absolute Gasteiger partial charge is 0.00131 e. The molecule has 0 aromatic carbocycles. The minimum atomic E-state index is 0.428. The summed E-state index contributed by atoms with van der Waals surface area (Å²) in [6.07, 6.45) is 11.0. The van der Waals surface area contributed by atoms with E-state index >= 15 is 0 Å². The number of hydrogen-bond acceptors (Lipinski definition) is 2. The number of rotatable bonds is 8. The van der Waals surface area contributed by atoms with E-state index in [9.17, 15) is 0 Å². The van der Waals surface area contributed by atoms with Crippen molar-refractivity contribution in [2.75, 3.05) is 26.2 Å². The lowest BCUT2D eigenvalue weighted by Crippen LogP contribution is -2.42. The topological polar surface area (TPSA) is 29.3 Å². The molecule has 0 spiro atoms. The fourth-order valence-corrected chi connectivity index (χ4v) is 2.64. The summed E-state index contributed by atoms with van der Waals surface area (Å²) in [6, 6.07) is 0. The third kappa shape index (κ3) is 5.87. The van der Waals surface area contributed by atoms with E-state index in [1.807, 2.05) is 0 Å². The zero-order chi connectivity index (χ0) is 12.6. The molecule has 1 fully saturated rings. The molecule has 102 valence electrons. The van der Waals surface area contributed by atoms with Gasteiger partial charge in [-0.25, -0.2) is 0 Å². The van der Waals surface area contributed by atoms with Crippen molar-refractivity contribution < 1.29 is 0 Å². The molecular formula is C15H32N2. The van der Waals surface area contributed by atoms with Crippen LogP contribution < -0.4 is 5.73 Å². The molecule has 0 saturated carbocycles. The summed E-state index contributed by atoms with van der Waals surface area (Å²) in [5, 5.41) is 0.